The summed E-state index contributed by atoms with van der Waals surface area (Å²) >= 11 is 0. The standard InChI is InChI=1S/C59H113N2O6P/c1-6-8-10-12-14-16-18-19-20-21-22-23-24-25-26-27-28-29-30-31-32-33-34-35-36-37-38-39-40-41-43-45-47-49-51-53-59(63)60-57(56-67-68(64,65)66-55-54-61(3,4)5)58(62)52-50-48-46-44-42-17-15-13-11-9-7-2/h24-25,27-28,42,44,50,52,57-58,62H,6-23,26,29-41,43,45-49,51,53-56H2,1-5H3,(H-,60,63,64,65)/p+1/b25-24-,28-27-,44-42+,52-50+. The molecule has 0 saturated heterocycles. The van der Waals surface area contributed by atoms with Gasteiger partial charge in [0.2, 0.25) is 5.91 Å². The topological polar surface area (TPSA) is 105 Å². The van der Waals surface area contributed by atoms with Crippen LogP contribution < -0.4 is 5.32 Å². The number of amides is 1. The van der Waals surface area contributed by atoms with Crippen molar-refractivity contribution in [1.82, 2.24) is 5.32 Å². The molecule has 0 rings (SSSR count). The van der Waals surface area contributed by atoms with Crippen LogP contribution in [0.25, 0.3) is 0 Å². The molecule has 0 radical (unpaired) electrons. The SMILES string of the molecule is CCCCCCC/C=C/CC/C=C/C(O)C(COP(=O)(O)OCC[N+](C)(C)C)NC(=O)CCCCCCCCCCCCCCCCCCC/C=C\C/C=C\CCCCCCCCCCCCC. The molecule has 400 valence electrons. The average molecular weight is 979 g/mol. The fourth-order valence-electron chi connectivity index (χ4n) is 8.44. The minimum atomic E-state index is -4.35. The fourth-order valence-corrected chi connectivity index (χ4v) is 9.18. The number of hydrogen-bond donors (Lipinski definition) is 3. The summed E-state index contributed by atoms with van der Waals surface area (Å²) in [6, 6.07) is -0.862. The van der Waals surface area contributed by atoms with Crippen molar-refractivity contribution in [2.75, 3.05) is 40.9 Å². The van der Waals surface area contributed by atoms with Crippen molar-refractivity contribution in [1.29, 1.82) is 0 Å². The first-order chi connectivity index (χ1) is 33.0. The summed E-state index contributed by atoms with van der Waals surface area (Å²) in [5.41, 5.74) is 0. The molecule has 0 bridgehead atoms. The highest BCUT2D eigenvalue weighted by Gasteiger charge is 2.27. The molecule has 0 aromatic rings. The van der Waals surface area contributed by atoms with E-state index in [4.69, 9.17) is 9.05 Å². The summed E-state index contributed by atoms with van der Waals surface area (Å²) in [4.78, 5) is 23.2. The van der Waals surface area contributed by atoms with E-state index in [0.717, 1.165) is 44.9 Å². The van der Waals surface area contributed by atoms with Gasteiger partial charge in [-0.25, -0.2) is 4.57 Å². The van der Waals surface area contributed by atoms with Gasteiger partial charge in [-0.2, -0.15) is 0 Å². The number of nitrogens with zero attached hydrogens (tertiary/aromatic N) is 1. The summed E-state index contributed by atoms with van der Waals surface area (Å²) in [6.07, 6.45) is 66.7. The Hall–Kier alpha value is -1.54. The molecule has 0 aromatic carbocycles. The second-order valence-corrected chi connectivity index (χ2v) is 22.5. The number of rotatable bonds is 53. The number of carbonyl (C=O) groups excluding carboxylic acids is 1. The lowest BCUT2D eigenvalue weighted by molar-refractivity contribution is -0.870. The van der Waals surface area contributed by atoms with Crippen molar-refractivity contribution in [3.63, 3.8) is 0 Å². The molecule has 0 aromatic heterocycles. The number of quaternary nitrogens is 1. The van der Waals surface area contributed by atoms with Crippen LogP contribution in [0, 0.1) is 0 Å². The van der Waals surface area contributed by atoms with Gasteiger partial charge in [0, 0.05) is 6.42 Å². The van der Waals surface area contributed by atoms with Crippen molar-refractivity contribution < 1.29 is 32.9 Å². The first kappa shape index (κ1) is 66.5. The Morgan fingerprint density at radius 2 is 0.853 bits per heavy atom. The van der Waals surface area contributed by atoms with Gasteiger partial charge < -0.3 is 19.8 Å². The number of allylic oxidation sites excluding steroid dienone is 7. The molecule has 0 aliphatic carbocycles. The molecular formula is C59H114N2O6P+. The van der Waals surface area contributed by atoms with Gasteiger partial charge in [0.1, 0.15) is 13.2 Å². The Bertz CT molecular complexity index is 1250. The molecule has 3 atom stereocenters. The Morgan fingerprint density at radius 3 is 1.26 bits per heavy atom. The smallest absolute Gasteiger partial charge is 0.387 e. The molecule has 0 aliphatic rings. The third kappa shape index (κ3) is 52.3. The van der Waals surface area contributed by atoms with E-state index in [1.807, 2.05) is 27.2 Å². The van der Waals surface area contributed by atoms with E-state index in [1.165, 1.54) is 205 Å². The van der Waals surface area contributed by atoms with Crippen LogP contribution in [0.3, 0.4) is 0 Å². The zero-order valence-electron chi connectivity index (χ0n) is 45.6. The molecule has 0 heterocycles. The highest BCUT2D eigenvalue weighted by atomic mass is 31.2. The Kier molecular flexibility index (Phi) is 49.3. The maximum absolute atomic E-state index is 12.9. The second-order valence-electron chi connectivity index (χ2n) is 21.0. The predicted octanol–water partition coefficient (Wildman–Crippen LogP) is 17.5. The molecule has 9 heteroatoms. The van der Waals surface area contributed by atoms with Crippen molar-refractivity contribution >= 4 is 13.7 Å². The summed E-state index contributed by atoms with van der Waals surface area (Å²) in [5, 5.41) is 13.8. The van der Waals surface area contributed by atoms with Gasteiger partial charge >= 0.3 is 7.82 Å². The lowest BCUT2D eigenvalue weighted by atomic mass is 10.0. The lowest BCUT2D eigenvalue weighted by Crippen LogP contribution is -2.45. The van der Waals surface area contributed by atoms with E-state index in [9.17, 15) is 19.4 Å². The van der Waals surface area contributed by atoms with Gasteiger partial charge in [0.05, 0.1) is 39.9 Å². The summed E-state index contributed by atoms with van der Waals surface area (Å²) in [5.74, 6) is -0.187. The number of phosphoric ester groups is 1. The third-order valence-corrected chi connectivity index (χ3v) is 14.0. The fraction of sp³-hybridized carbons (Fsp3) is 0.847. The maximum atomic E-state index is 12.9. The molecular weight excluding hydrogens is 864 g/mol. The van der Waals surface area contributed by atoms with Crippen LogP contribution in [-0.4, -0.2) is 73.4 Å². The first-order valence-corrected chi connectivity index (χ1v) is 30.5. The van der Waals surface area contributed by atoms with Crippen LogP contribution in [0.1, 0.15) is 271 Å². The number of nitrogens with one attached hydrogen (secondary N) is 1. The predicted molar refractivity (Wildman–Crippen MR) is 295 cm³/mol. The molecule has 3 unspecified atom stereocenters. The van der Waals surface area contributed by atoms with Gasteiger partial charge in [0.15, 0.2) is 0 Å². The van der Waals surface area contributed by atoms with Crippen LogP contribution in [0.2, 0.25) is 0 Å². The summed E-state index contributed by atoms with van der Waals surface area (Å²) in [7, 11) is 1.56. The van der Waals surface area contributed by atoms with Crippen molar-refractivity contribution in [3.05, 3.63) is 48.6 Å². The number of phosphoric acid groups is 1. The van der Waals surface area contributed by atoms with Gasteiger partial charge in [0.25, 0.3) is 0 Å². The normalized spacial score (nSPS) is 14.3. The van der Waals surface area contributed by atoms with Gasteiger partial charge in [-0.1, -0.05) is 249 Å². The third-order valence-electron chi connectivity index (χ3n) is 13.0. The van der Waals surface area contributed by atoms with Crippen molar-refractivity contribution in [2.24, 2.45) is 0 Å². The Labute approximate surface area is 422 Å². The molecule has 0 spiro atoms. The lowest BCUT2D eigenvalue weighted by Gasteiger charge is -2.25. The number of unbranched alkanes of at least 4 members (excludes halogenated alkanes) is 34. The van der Waals surface area contributed by atoms with E-state index in [-0.39, 0.29) is 19.1 Å². The highest BCUT2D eigenvalue weighted by molar-refractivity contribution is 7.47. The molecule has 0 saturated carbocycles. The molecule has 8 nitrogen and oxygen atoms in total. The molecule has 3 N–H and O–H groups in total. The van der Waals surface area contributed by atoms with Crippen molar-refractivity contribution in [2.45, 2.75) is 283 Å². The van der Waals surface area contributed by atoms with Gasteiger partial charge in [-0.15, -0.1) is 0 Å². The van der Waals surface area contributed by atoms with Crippen LogP contribution in [0.4, 0.5) is 0 Å². The van der Waals surface area contributed by atoms with E-state index in [1.54, 1.807) is 6.08 Å². The quantitative estimate of drug-likeness (QED) is 0.0243. The maximum Gasteiger partial charge on any atom is 0.472 e. The largest absolute Gasteiger partial charge is 0.472 e. The van der Waals surface area contributed by atoms with E-state index in [2.05, 4.69) is 55.6 Å². The molecule has 68 heavy (non-hydrogen) atoms. The highest BCUT2D eigenvalue weighted by Crippen LogP contribution is 2.43. The Morgan fingerprint density at radius 1 is 0.500 bits per heavy atom. The number of hydrogen-bond acceptors (Lipinski definition) is 5. The van der Waals surface area contributed by atoms with Crippen LogP contribution in [0.15, 0.2) is 48.6 Å². The minimum Gasteiger partial charge on any atom is -0.387 e. The number of likely N-dealkylation sites (N-methyl/N-ethyl adjacent to an activating group) is 1. The number of aliphatic hydroxyl groups excluding tert-OH is 1. The Balaban J connectivity index is 3.95. The zero-order valence-corrected chi connectivity index (χ0v) is 46.5. The van der Waals surface area contributed by atoms with Crippen LogP contribution >= 0.6 is 7.82 Å². The van der Waals surface area contributed by atoms with E-state index < -0.39 is 20.0 Å². The molecule has 1 amide bonds. The second kappa shape index (κ2) is 50.4. The first-order valence-electron chi connectivity index (χ1n) is 29.0. The molecule has 0 aliphatic heterocycles. The van der Waals surface area contributed by atoms with Gasteiger partial charge in [-0.05, 0) is 64.2 Å². The number of aliphatic hydroxyl groups is 1. The summed E-state index contributed by atoms with van der Waals surface area (Å²) < 4.78 is 23.6. The average Bonchev–Trinajstić information content (AvgIpc) is 3.30. The zero-order chi connectivity index (χ0) is 49.9. The van der Waals surface area contributed by atoms with E-state index in [0.29, 0.717) is 17.4 Å². The minimum absolute atomic E-state index is 0.0561. The van der Waals surface area contributed by atoms with Crippen molar-refractivity contribution in [3.8, 4) is 0 Å². The molecule has 0 fully saturated rings. The van der Waals surface area contributed by atoms with Gasteiger partial charge in [-0.3, -0.25) is 13.8 Å². The van der Waals surface area contributed by atoms with Crippen LogP contribution in [-0.2, 0) is 18.4 Å². The van der Waals surface area contributed by atoms with E-state index >= 15 is 0 Å². The van der Waals surface area contributed by atoms with Crippen LogP contribution in [0.5, 0.6) is 0 Å². The monoisotopic (exact) mass is 978 g/mol. The number of carbonyl (C=O) groups is 1. The summed E-state index contributed by atoms with van der Waals surface area (Å²) in [6.45, 7) is 4.78.